The quantitative estimate of drug-likeness (QED) is 0.199. The minimum absolute atomic E-state index is 1.30. The molecule has 0 N–H and O–H groups in total. The van der Waals surface area contributed by atoms with Crippen LogP contribution in [0.2, 0.25) is 0 Å². The topological polar surface area (TPSA) is 4.93 Å². The zero-order chi connectivity index (χ0) is 25.0. The molecule has 0 aliphatic rings. The second kappa shape index (κ2) is 7.78. The predicted octanol–water partition coefficient (Wildman–Crippen LogP) is 11.5. The number of fused-ring (bicyclic) bond motifs is 9. The molecule has 9 rings (SSSR count). The van der Waals surface area contributed by atoms with Crippen LogP contribution in [0.3, 0.4) is 0 Å². The lowest BCUT2D eigenvalue weighted by molar-refractivity contribution is 1.02. The van der Waals surface area contributed by atoms with Crippen molar-refractivity contribution in [2.45, 2.75) is 0 Å². The Balaban J connectivity index is 1.26. The maximum absolute atomic E-state index is 2.43. The summed E-state index contributed by atoms with van der Waals surface area (Å²) in [6, 6.07) is 35.9. The van der Waals surface area contributed by atoms with E-state index in [1.807, 2.05) is 45.3 Å². The zero-order valence-corrected chi connectivity index (χ0v) is 23.6. The molecule has 0 saturated heterocycles. The van der Waals surface area contributed by atoms with Crippen molar-refractivity contribution < 1.29 is 0 Å². The Morgan fingerprint density at radius 1 is 0.447 bits per heavy atom. The normalized spacial score (nSPS) is 12.3. The van der Waals surface area contributed by atoms with Gasteiger partial charge in [0, 0.05) is 68.2 Å². The lowest BCUT2D eigenvalue weighted by atomic mass is 10.1. The van der Waals surface area contributed by atoms with E-state index in [0.717, 1.165) is 0 Å². The van der Waals surface area contributed by atoms with Crippen LogP contribution < -0.4 is 0 Å². The molecule has 5 heterocycles. The van der Waals surface area contributed by atoms with Crippen LogP contribution in [0.4, 0.5) is 0 Å². The summed E-state index contributed by atoms with van der Waals surface area (Å²) in [4.78, 5) is 2.70. The fourth-order valence-corrected chi connectivity index (χ4v) is 10.9. The van der Waals surface area contributed by atoms with Crippen LogP contribution in [0, 0.1) is 0 Å². The molecule has 38 heavy (non-hydrogen) atoms. The average Bonchev–Trinajstić information content (AvgIpc) is 3.74. The molecule has 5 aromatic heterocycles. The molecule has 0 saturated carbocycles. The Morgan fingerprint density at radius 2 is 0.895 bits per heavy atom. The molecule has 0 aliphatic carbocycles. The van der Waals surface area contributed by atoms with Crippen LogP contribution in [0.5, 0.6) is 0 Å². The highest BCUT2D eigenvalue weighted by molar-refractivity contribution is 7.34. The molecular weight excluding hydrogens is 539 g/mol. The van der Waals surface area contributed by atoms with Crippen molar-refractivity contribution in [1.82, 2.24) is 4.57 Å². The molecule has 1 nitrogen and oxygen atoms in total. The Kier molecular flexibility index (Phi) is 4.39. The van der Waals surface area contributed by atoms with Gasteiger partial charge in [-0.2, -0.15) is 0 Å². The molecule has 4 aromatic carbocycles. The van der Waals surface area contributed by atoms with Gasteiger partial charge < -0.3 is 4.57 Å². The number of benzene rings is 4. The second-order valence-electron chi connectivity index (χ2n) is 9.83. The summed E-state index contributed by atoms with van der Waals surface area (Å²) in [7, 11) is 2.23. The summed E-state index contributed by atoms with van der Waals surface area (Å²) in [5.41, 5.74) is 5.23. The van der Waals surface area contributed by atoms with Crippen molar-refractivity contribution in [1.29, 1.82) is 0 Å². The van der Waals surface area contributed by atoms with Gasteiger partial charge in [-0.15, -0.1) is 45.3 Å². The van der Waals surface area contributed by atoms with Crippen molar-refractivity contribution >= 4 is 106 Å². The van der Waals surface area contributed by atoms with Crippen LogP contribution >= 0.6 is 45.3 Å². The molecule has 0 unspecified atom stereocenters. The first-order valence-corrected chi connectivity index (χ1v) is 15.8. The van der Waals surface area contributed by atoms with E-state index < -0.39 is 0 Å². The third-order valence-corrected chi connectivity index (χ3v) is 12.5. The van der Waals surface area contributed by atoms with Gasteiger partial charge in [0.05, 0.1) is 9.40 Å². The largest absolute Gasteiger partial charge is 0.344 e. The van der Waals surface area contributed by atoms with E-state index in [9.17, 15) is 0 Å². The molecule has 180 valence electrons. The first kappa shape index (κ1) is 21.5. The smallest absolute Gasteiger partial charge is 0.0536 e. The lowest BCUT2D eigenvalue weighted by Gasteiger charge is -1.99. The Morgan fingerprint density at radius 3 is 1.34 bits per heavy atom. The molecule has 0 radical (unpaired) electrons. The van der Waals surface area contributed by atoms with Gasteiger partial charge in [-0.1, -0.05) is 60.7 Å². The SMILES string of the molecule is Cn1c2cc3c(cc2c2cc4sc5cc(-c6ccccc6)sc5c4cc21)sc1cc(-c2ccccc2)sc13. The highest BCUT2D eigenvalue weighted by Gasteiger charge is 2.18. The lowest BCUT2D eigenvalue weighted by Crippen LogP contribution is -1.85. The van der Waals surface area contributed by atoms with Gasteiger partial charge in [0.15, 0.2) is 0 Å². The van der Waals surface area contributed by atoms with E-state index in [4.69, 9.17) is 0 Å². The van der Waals surface area contributed by atoms with E-state index in [0.29, 0.717) is 0 Å². The maximum Gasteiger partial charge on any atom is 0.0536 e. The Hall–Kier alpha value is -3.48. The molecule has 0 fully saturated rings. The minimum Gasteiger partial charge on any atom is -0.344 e. The predicted molar refractivity (Wildman–Crippen MR) is 173 cm³/mol. The van der Waals surface area contributed by atoms with Gasteiger partial charge in [0.1, 0.15) is 0 Å². The van der Waals surface area contributed by atoms with Crippen LogP contribution in [-0.4, -0.2) is 4.57 Å². The summed E-state index contributed by atoms with van der Waals surface area (Å²) in [5, 5.41) is 5.47. The van der Waals surface area contributed by atoms with Gasteiger partial charge >= 0.3 is 0 Å². The fraction of sp³-hybridized carbons (Fsp3) is 0.0303. The average molecular weight is 558 g/mol. The Labute approximate surface area is 234 Å². The molecule has 9 aromatic rings. The number of thiophene rings is 4. The third kappa shape index (κ3) is 2.96. The molecular formula is C33H19NS4. The van der Waals surface area contributed by atoms with E-state index in [1.54, 1.807) is 0 Å². The second-order valence-corrected chi connectivity index (χ2v) is 14.1. The van der Waals surface area contributed by atoms with E-state index in [-0.39, 0.29) is 0 Å². The molecule has 0 aliphatic heterocycles. The third-order valence-electron chi connectivity index (χ3n) is 7.65. The molecule has 0 amide bonds. The van der Waals surface area contributed by atoms with Crippen molar-refractivity contribution in [3.8, 4) is 20.9 Å². The number of aryl methyl sites for hydroxylation is 1. The Bertz CT molecular complexity index is 2170. The number of nitrogens with zero attached hydrogens (tertiary/aromatic N) is 1. The van der Waals surface area contributed by atoms with Crippen molar-refractivity contribution in [3.05, 3.63) is 97.1 Å². The van der Waals surface area contributed by atoms with Crippen molar-refractivity contribution in [2.24, 2.45) is 7.05 Å². The van der Waals surface area contributed by atoms with Gasteiger partial charge in [0.2, 0.25) is 0 Å². The van der Waals surface area contributed by atoms with E-state index in [1.165, 1.54) is 81.7 Å². The first-order chi connectivity index (χ1) is 18.7. The van der Waals surface area contributed by atoms with Gasteiger partial charge in [-0.05, 0) is 47.5 Å². The van der Waals surface area contributed by atoms with Crippen molar-refractivity contribution in [2.75, 3.05) is 0 Å². The molecule has 0 atom stereocenters. The standard InChI is InChI=1S/C33H19NS4/c1-34-24-12-22-28(35-30-16-26(37-32(22)30)18-8-4-2-5-9-18)14-20(24)21-15-29-23(13-25(21)34)33-31(36-29)17-27(38-33)19-10-6-3-7-11-19/h2-17H,1H3. The maximum atomic E-state index is 2.43. The fourth-order valence-electron chi connectivity index (χ4n) is 5.78. The number of hydrogen-bond donors (Lipinski definition) is 0. The molecule has 5 heteroatoms. The molecule has 0 bridgehead atoms. The van der Waals surface area contributed by atoms with Crippen LogP contribution in [-0.2, 0) is 7.05 Å². The van der Waals surface area contributed by atoms with Crippen molar-refractivity contribution in [3.63, 3.8) is 0 Å². The number of aromatic nitrogens is 1. The van der Waals surface area contributed by atoms with Gasteiger partial charge in [-0.25, -0.2) is 0 Å². The highest BCUT2D eigenvalue weighted by Crippen LogP contribution is 2.47. The monoisotopic (exact) mass is 557 g/mol. The van der Waals surface area contributed by atoms with Crippen LogP contribution in [0.1, 0.15) is 0 Å². The first-order valence-electron chi connectivity index (χ1n) is 12.6. The highest BCUT2D eigenvalue weighted by atomic mass is 32.1. The van der Waals surface area contributed by atoms with Gasteiger partial charge in [0.25, 0.3) is 0 Å². The number of rotatable bonds is 2. The van der Waals surface area contributed by atoms with Crippen LogP contribution in [0.15, 0.2) is 97.1 Å². The van der Waals surface area contributed by atoms with E-state index in [2.05, 4.69) is 109 Å². The summed E-state index contributed by atoms with van der Waals surface area (Å²) in [6.07, 6.45) is 0. The number of hydrogen-bond acceptors (Lipinski definition) is 4. The zero-order valence-electron chi connectivity index (χ0n) is 20.3. The summed E-state index contributed by atoms with van der Waals surface area (Å²) in [5.74, 6) is 0. The minimum atomic E-state index is 1.30. The summed E-state index contributed by atoms with van der Waals surface area (Å²) < 4.78 is 10.7. The van der Waals surface area contributed by atoms with Crippen LogP contribution in [0.25, 0.3) is 81.7 Å². The summed E-state index contributed by atoms with van der Waals surface area (Å²) >= 11 is 7.68. The van der Waals surface area contributed by atoms with Gasteiger partial charge in [-0.3, -0.25) is 0 Å². The van der Waals surface area contributed by atoms with E-state index >= 15 is 0 Å². The molecule has 0 spiro atoms. The summed E-state index contributed by atoms with van der Waals surface area (Å²) in [6.45, 7) is 0.